The second kappa shape index (κ2) is 5.81. The van der Waals surface area contributed by atoms with Crippen LogP contribution in [0.2, 0.25) is 0 Å². The average Bonchev–Trinajstić information content (AvgIpc) is 2.47. The van der Waals surface area contributed by atoms with Crippen LogP contribution in [0.15, 0.2) is 36.4 Å². The summed E-state index contributed by atoms with van der Waals surface area (Å²) in [6.45, 7) is 3.17. The lowest BCUT2D eigenvalue weighted by Crippen LogP contribution is -2.42. The van der Waals surface area contributed by atoms with Crippen molar-refractivity contribution in [2.45, 2.75) is 25.4 Å². The molecular formula is C17H22N2O. The Hall–Kier alpha value is -1.58. The van der Waals surface area contributed by atoms with E-state index in [1.807, 2.05) is 6.07 Å². The molecule has 0 spiro atoms. The van der Waals surface area contributed by atoms with Crippen molar-refractivity contribution in [3.63, 3.8) is 0 Å². The van der Waals surface area contributed by atoms with E-state index in [4.69, 9.17) is 10.5 Å². The molecule has 0 amide bonds. The van der Waals surface area contributed by atoms with E-state index in [9.17, 15) is 0 Å². The van der Waals surface area contributed by atoms with Gasteiger partial charge >= 0.3 is 0 Å². The van der Waals surface area contributed by atoms with Crippen LogP contribution in [0.3, 0.4) is 0 Å². The first-order valence-electron chi connectivity index (χ1n) is 7.29. The molecule has 3 rings (SSSR count). The molecule has 106 valence electrons. The quantitative estimate of drug-likeness (QED) is 0.932. The molecular weight excluding hydrogens is 248 g/mol. The van der Waals surface area contributed by atoms with Crippen LogP contribution >= 0.6 is 0 Å². The highest BCUT2D eigenvalue weighted by atomic mass is 16.5. The third kappa shape index (κ3) is 2.94. The zero-order valence-electron chi connectivity index (χ0n) is 12.0. The van der Waals surface area contributed by atoms with E-state index in [1.54, 1.807) is 7.11 Å². The Morgan fingerprint density at radius 2 is 2.00 bits per heavy atom. The van der Waals surface area contributed by atoms with E-state index in [-0.39, 0.29) is 0 Å². The fourth-order valence-electron chi connectivity index (χ4n) is 2.99. The van der Waals surface area contributed by atoms with Crippen molar-refractivity contribution >= 4 is 10.8 Å². The number of likely N-dealkylation sites (tertiary alicyclic amines) is 1. The summed E-state index contributed by atoms with van der Waals surface area (Å²) in [4.78, 5) is 2.46. The van der Waals surface area contributed by atoms with Crippen LogP contribution in [0.1, 0.15) is 18.4 Å². The molecule has 1 atom stereocenters. The molecule has 0 radical (unpaired) electrons. The lowest BCUT2D eigenvalue weighted by atomic mass is 10.0. The molecule has 1 saturated heterocycles. The smallest absolute Gasteiger partial charge is 0.119 e. The minimum absolute atomic E-state index is 0.341. The Labute approximate surface area is 120 Å². The van der Waals surface area contributed by atoms with E-state index in [2.05, 4.69) is 35.2 Å². The normalized spacial score (nSPS) is 20.2. The van der Waals surface area contributed by atoms with E-state index >= 15 is 0 Å². The van der Waals surface area contributed by atoms with Gasteiger partial charge in [0.1, 0.15) is 5.75 Å². The zero-order valence-corrected chi connectivity index (χ0v) is 12.0. The summed E-state index contributed by atoms with van der Waals surface area (Å²) >= 11 is 0. The summed E-state index contributed by atoms with van der Waals surface area (Å²) in [5, 5.41) is 2.49. The number of nitrogens with two attached hydrogens (primary N) is 1. The highest BCUT2D eigenvalue weighted by Gasteiger charge is 2.16. The predicted octanol–water partition coefficient (Wildman–Crippen LogP) is 2.77. The maximum atomic E-state index is 6.05. The van der Waals surface area contributed by atoms with Crippen molar-refractivity contribution in [3.05, 3.63) is 42.0 Å². The van der Waals surface area contributed by atoms with E-state index in [0.717, 1.165) is 31.8 Å². The SMILES string of the molecule is COc1ccc2cc(CN3CCCC(N)C3)ccc2c1. The molecule has 2 N–H and O–H groups in total. The van der Waals surface area contributed by atoms with E-state index < -0.39 is 0 Å². The molecule has 3 heteroatoms. The Bertz CT molecular complexity index is 597. The van der Waals surface area contributed by atoms with Gasteiger partial charge in [-0.3, -0.25) is 4.90 Å². The van der Waals surface area contributed by atoms with Crippen molar-refractivity contribution in [2.75, 3.05) is 20.2 Å². The maximum Gasteiger partial charge on any atom is 0.119 e. The predicted molar refractivity (Wildman–Crippen MR) is 83.0 cm³/mol. The number of ether oxygens (including phenoxy) is 1. The van der Waals surface area contributed by atoms with Gasteiger partial charge in [-0.25, -0.2) is 0 Å². The van der Waals surface area contributed by atoms with Gasteiger partial charge in [-0.05, 0) is 53.9 Å². The van der Waals surface area contributed by atoms with Gasteiger partial charge in [0.15, 0.2) is 0 Å². The molecule has 1 unspecified atom stereocenters. The monoisotopic (exact) mass is 270 g/mol. The van der Waals surface area contributed by atoms with Crippen molar-refractivity contribution in [1.29, 1.82) is 0 Å². The van der Waals surface area contributed by atoms with Gasteiger partial charge in [0.05, 0.1) is 7.11 Å². The summed E-state index contributed by atoms with van der Waals surface area (Å²) in [6.07, 6.45) is 2.37. The number of nitrogens with zero attached hydrogens (tertiary/aromatic N) is 1. The first-order valence-corrected chi connectivity index (χ1v) is 7.29. The molecule has 0 bridgehead atoms. The number of piperidine rings is 1. The summed E-state index contributed by atoms with van der Waals surface area (Å²) in [5.41, 5.74) is 7.40. The second-order valence-electron chi connectivity index (χ2n) is 5.68. The second-order valence-corrected chi connectivity index (χ2v) is 5.68. The van der Waals surface area contributed by atoms with Gasteiger partial charge in [-0.1, -0.05) is 18.2 Å². The van der Waals surface area contributed by atoms with Gasteiger partial charge in [0, 0.05) is 19.1 Å². The topological polar surface area (TPSA) is 38.5 Å². The van der Waals surface area contributed by atoms with Crippen LogP contribution in [0.5, 0.6) is 5.75 Å². The minimum Gasteiger partial charge on any atom is -0.497 e. The molecule has 1 heterocycles. The molecule has 1 aliphatic rings. The third-order valence-corrected chi connectivity index (χ3v) is 4.06. The van der Waals surface area contributed by atoms with Gasteiger partial charge in [0.2, 0.25) is 0 Å². The summed E-state index contributed by atoms with van der Waals surface area (Å²) in [5.74, 6) is 0.909. The summed E-state index contributed by atoms with van der Waals surface area (Å²) in [7, 11) is 1.70. The molecule has 1 aliphatic heterocycles. The van der Waals surface area contributed by atoms with Crippen molar-refractivity contribution in [1.82, 2.24) is 4.90 Å². The number of hydrogen-bond donors (Lipinski definition) is 1. The van der Waals surface area contributed by atoms with Crippen LogP contribution in [0, 0.1) is 0 Å². The van der Waals surface area contributed by atoms with E-state index in [1.165, 1.54) is 22.8 Å². The van der Waals surface area contributed by atoms with Crippen LogP contribution in [0.4, 0.5) is 0 Å². The summed E-state index contributed by atoms with van der Waals surface area (Å²) in [6, 6.07) is 13.2. The Balaban J connectivity index is 1.78. The van der Waals surface area contributed by atoms with E-state index in [0.29, 0.717) is 6.04 Å². The van der Waals surface area contributed by atoms with Crippen LogP contribution < -0.4 is 10.5 Å². The zero-order chi connectivity index (χ0) is 13.9. The number of hydrogen-bond acceptors (Lipinski definition) is 3. The number of benzene rings is 2. The fourth-order valence-corrected chi connectivity index (χ4v) is 2.99. The molecule has 2 aromatic carbocycles. The molecule has 2 aromatic rings. The number of fused-ring (bicyclic) bond motifs is 1. The largest absolute Gasteiger partial charge is 0.497 e. The Kier molecular flexibility index (Phi) is 3.90. The average molecular weight is 270 g/mol. The number of rotatable bonds is 3. The van der Waals surface area contributed by atoms with Gasteiger partial charge in [-0.15, -0.1) is 0 Å². The van der Waals surface area contributed by atoms with Crippen LogP contribution in [-0.4, -0.2) is 31.1 Å². The number of methoxy groups -OCH3 is 1. The minimum atomic E-state index is 0.341. The fraction of sp³-hybridized carbons (Fsp3) is 0.412. The first-order chi connectivity index (χ1) is 9.74. The lowest BCUT2D eigenvalue weighted by Gasteiger charge is -2.30. The Morgan fingerprint density at radius 3 is 2.80 bits per heavy atom. The van der Waals surface area contributed by atoms with Crippen molar-refractivity contribution < 1.29 is 4.74 Å². The Morgan fingerprint density at radius 1 is 1.20 bits per heavy atom. The molecule has 0 aliphatic carbocycles. The molecule has 0 saturated carbocycles. The molecule has 1 fully saturated rings. The third-order valence-electron chi connectivity index (χ3n) is 4.06. The van der Waals surface area contributed by atoms with Crippen molar-refractivity contribution in [3.8, 4) is 5.75 Å². The highest BCUT2D eigenvalue weighted by molar-refractivity contribution is 5.84. The van der Waals surface area contributed by atoms with Gasteiger partial charge in [0.25, 0.3) is 0 Å². The standard InChI is InChI=1S/C17H22N2O/c1-20-17-7-6-14-9-13(4-5-15(14)10-17)11-19-8-2-3-16(18)12-19/h4-7,9-10,16H,2-3,8,11-12,18H2,1H3. The first kappa shape index (κ1) is 13.4. The van der Waals surface area contributed by atoms with Crippen molar-refractivity contribution in [2.24, 2.45) is 5.73 Å². The summed E-state index contributed by atoms with van der Waals surface area (Å²) < 4.78 is 5.26. The lowest BCUT2D eigenvalue weighted by molar-refractivity contribution is 0.201. The highest BCUT2D eigenvalue weighted by Crippen LogP contribution is 2.23. The van der Waals surface area contributed by atoms with Gasteiger partial charge < -0.3 is 10.5 Å². The molecule has 0 aromatic heterocycles. The van der Waals surface area contributed by atoms with Crippen LogP contribution in [0.25, 0.3) is 10.8 Å². The van der Waals surface area contributed by atoms with Crippen LogP contribution in [-0.2, 0) is 6.54 Å². The molecule has 3 nitrogen and oxygen atoms in total. The maximum absolute atomic E-state index is 6.05. The molecule has 20 heavy (non-hydrogen) atoms. The van der Waals surface area contributed by atoms with Gasteiger partial charge in [-0.2, -0.15) is 0 Å².